The summed E-state index contributed by atoms with van der Waals surface area (Å²) in [5.41, 5.74) is 8.50. The van der Waals surface area contributed by atoms with Crippen molar-refractivity contribution in [1.29, 1.82) is 10.5 Å². The van der Waals surface area contributed by atoms with Crippen molar-refractivity contribution in [3.63, 3.8) is 0 Å². The van der Waals surface area contributed by atoms with Crippen LogP contribution in [0.5, 0.6) is 0 Å². The summed E-state index contributed by atoms with van der Waals surface area (Å²) >= 11 is 1.78. The van der Waals surface area contributed by atoms with E-state index in [2.05, 4.69) is 72.8 Å². The van der Waals surface area contributed by atoms with Crippen LogP contribution in [0.1, 0.15) is 11.1 Å². The molecule has 0 aliphatic heterocycles. The minimum Gasteiger partial charge on any atom is -0.456 e. The van der Waals surface area contributed by atoms with Crippen molar-refractivity contribution in [2.24, 2.45) is 0 Å². The molecule has 0 unspecified atom stereocenters. The highest BCUT2D eigenvalue weighted by Crippen LogP contribution is 2.42. The molecule has 0 fully saturated rings. The minimum atomic E-state index is 0.590. The first kappa shape index (κ1) is 24.1. The topological polar surface area (TPSA) is 60.7 Å². The summed E-state index contributed by atoms with van der Waals surface area (Å²) in [4.78, 5) is 0. The van der Waals surface area contributed by atoms with Crippen LogP contribution in [0.2, 0.25) is 0 Å². The van der Waals surface area contributed by atoms with Gasteiger partial charge in [0.25, 0.3) is 0 Å². The lowest BCUT2D eigenvalue weighted by molar-refractivity contribution is 0.669. The molecule has 42 heavy (non-hydrogen) atoms. The Balaban J connectivity index is 1.40. The molecule has 4 heteroatoms. The van der Waals surface area contributed by atoms with E-state index in [9.17, 15) is 10.5 Å². The number of hydrogen-bond acceptors (Lipinski definition) is 4. The van der Waals surface area contributed by atoms with Gasteiger partial charge in [-0.2, -0.15) is 10.5 Å². The summed E-state index contributed by atoms with van der Waals surface area (Å²) in [6.07, 6.45) is 0. The zero-order valence-electron chi connectivity index (χ0n) is 22.3. The van der Waals surface area contributed by atoms with Gasteiger partial charge in [0.15, 0.2) is 0 Å². The van der Waals surface area contributed by atoms with Crippen molar-refractivity contribution in [2.75, 3.05) is 0 Å². The number of thiophene rings is 1. The summed E-state index contributed by atoms with van der Waals surface area (Å²) in [6, 6.07) is 45.6. The van der Waals surface area contributed by atoms with E-state index in [1.165, 1.54) is 20.2 Å². The second-order valence-corrected chi connectivity index (χ2v) is 11.4. The van der Waals surface area contributed by atoms with Crippen LogP contribution in [-0.2, 0) is 0 Å². The number of nitriles is 2. The first-order valence-electron chi connectivity index (χ1n) is 13.6. The lowest BCUT2D eigenvalue weighted by atomic mass is 9.87. The molecule has 0 saturated carbocycles. The van der Waals surface area contributed by atoms with Crippen LogP contribution in [0.25, 0.3) is 75.5 Å². The number of rotatable bonds is 3. The highest BCUT2D eigenvalue weighted by molar-refractivity contribution is 7.25. The van der Waals surface area contributed by atoms with Crippen LogP contribution in [0, 0.1) is 22.7 Å². The van der Waals surface area contributed by atoms with Gasteiger partial charge in [-0.15, -0.1) is 11.3 Å². The van der Waals surface area contributed by atoms with Crippen LogP contribution in [0.3, 0.4) is 0 Å². The maximum Gasteiger partial charge on any atom is 0.135 e. The molecule has 0 aliphatic carbocycles. The molecule has 0 bridgehead atoms. The van der Waals surface area contributed by atoms with Crippen molar-refractivity contribution in [2.45, 2.75) is 0 Å². The maximum atomic E-state index is 10.4. The Morgan fingerprint density at radius 2 is 1.17 bits per heavy atom. The Labute approximate surface area is 245 Å². The van der Waals surface area contributed by atoms with Crippen LogP contribution in [-0.4, -0.2) is 0 Å². The number of hydrogen-bond donors (Lipinski definition) is 0. The van der Waals surface area contributed by atoms with Gasteiger partial charge in [-0.3, -0.25) is 0 Å². The predicted molar refractivity (Wildman–Crippen MR) is 172 cm³/mol. The van der Waals surface area contributed by atoms with E-state index >= 15 is 0 Å². The van der Waals surface area contributed by atoms with Crippen molar-refractivity contribution in [1.82, 2.24) is 0 Å². The van der Waals surface area contributed by atoms with Gasteiger partial charge in [-0.05, 0) is 88.5 Å². The molecule has 0 spiro atoms. The first-order valence-corrected chi connectivity index (χ1v) is 14.4. The minimum absolute atomic E-state index is 0.590. The van der Waals surface area contributed by atoms with Crippen molar-refractivity contribution in [3.05, 3.63) is 132 Å². The normalized spacial score (nSPS) is 11.3. The molecule has 194 valence electrons. The smallest absolute Gasteiger partial charge is 0.135 e. The molecular formula is C38H20N2OS. The number of fused-ring (bicyclic) bond motifs is 6. The van der Waals surface area contributed by atoms with E-state index < -0.39 is 0 Å². The first-order chi connectivity index (χ1) is 20.7. The van der Waals surface area contributed by atoms with Crippen LogP contribution >= 0.6 is 11.3 Å². The van der Waals surface area contributed by atoms with E-state index in [-0.39, 0.29) is 0 Å². The third kappa shape index (κ3) is 3.79. The van der Waals surface area contributed by atoms with Crippen LogP contribution in [0.4, 0.5) is 0 Å². The van der Waals surface area contributed by atoms with Crippen molar-refractivity contribution >= 4 is 53.4 Å². The molecule has 3 nitrogen and oxygen atoms in total. The number of furan rings is 1. The number of para-hydroxylation sites is 1. The Kier molecular flexibility index (Phi) is 5.44. The fourth-order valence-corrected chi connectivity index (χ4v) is 7.04. The Bertz CT molecular complexity index is 2450. The monoisotopic (exact) mass is 552 g/mol. The standard InChI is InChI=1S/C38H20N2OS/c39-21-23-6-5-7-24(16-23)32-20-30(25-12-14-36-33(17-25)28-8-1-3-10-35(28)41-36)27(22-40)19-31(32)26-13-15-38-34(18-26)29-9-2-4-11-37(29)42-38/h1-20H. The van der Waals surface area contributed by atoms with Gasteiger partial charge in [0.1, 0.15) is 11.2 Å². The predicted octanol–water partition coefficient (Wildman–Crippen LogP) is 10.7. The lowest BCUT2D eigenvalue weighted by Gasteiger charge is -2.15. The third-order valence-corrected chi connectivity index (χ3v) is 9.11. The molecule has 0 amide bonds. The molecule has 8 aromatic rings. The van der Waals surface area contributed by atoms with Gasteiger partial charge in [0.05, 0.1) is 23.3 Å². The molecule has 8 rings (SSSR count). The quantitative estimate of drug-likeness (QED) is 0.219. The second kappa shape index (κ2) is 9.46. The van der Waals surface area contributed by atoms with E-state index in [0.29, 0.717) is 11.1 Å². The SMILES string of the molecule is N#Cc1cccc(-c2cc(-c3ccc4oc5ccccc5c4c3)c(C#N)cc2-c2ccc3sc4ccccc4c3c2)c1. The van der Waals surface area contributed by atoms with Crippen LogP contribution in [0.15, 0.2) is 126 Å². The molecular weight excluding hydrogens is 532 g/mol. The van der Waals surface area contributed by atoms with E-state index in [1.807, 2.05) is 60.7 Å². The Morgan fingerprint density at radius 3 is 2.05 bits per heavy atom. The Hall–Kier alpha value is -5.68. The van der Waals surface area contributed by atoms with Crippen molar-refractivity contribution in [3.8, 4) is 45.5 Å². The average Bonchev–Trinajstić information content (AvgIpc) is 3.61. The van der Waals surface area contributed by atoms with Gasteiger partial charge in [0.2, 0.25) is 0 Å². The highest BCUT2D eigenvalue weighted by atomic mass is 32.1. The zero-order valence-corrected chi connectivity index (χ0v) is 23.1. The molecule has 0 radical (unpaired) electrons. The van der Waals surface area contributed by atoms with Gasteiger partial charge >= 0.3 is 0 Å². The van der Waals surface area contributed by atoms with Crippen LogP contribution < -0.4 is 0 Å². The van der Waals surface area contributed by atoms with E-state index in [4.69, 9.17) is 4.42 Å². The summed E-state index contributed by atoms with van der Waals surface area (Å²) in [6.45, 7) is 0. The molecule has 2 aromatic heterocycles. The molecule has 6 aromatic carbocycles. The summed E-state index contributed by atoms with van der Waals surface area (Å²) in [7, 11) is 0. The molecule has 0 aliphatic rings. The summed E-state index contributed by atoms with van der Waals surface area (Å²) in [5, 5.41) is 24.6. The van der Waals surface area contributed by atoms with Gasteiger partial charge in [0, 0.05) is 36.5 Å². The van der Waals surface area contributed by atoms with Gasteiger partial charge < -0.3 is 4.42 Å². The van der Waals surface area contributed by atoms with Crippen molar-refractivity contribution < 1.29 is 4.42 Å². The number of benzene rings is 6. The highest BCUT2D eigenvalue weighted by Gasteiger charge is 2.17. The fraction of sp³-hybridized carbons (Fsp3) is 0. The summed E-state index contributed by atoms with van der Waals surface area (Å²) < 4.78 is 8.54. The van der Waals surface area contributed by atoms with Gasteiger partial charge in [-0.25, -0.2) is 0 Å². The van der Waals surface area contributed by atoms with Gasteiger partial charge in [-0.1, -0.05) is 60.7 Å². The maximum absolute atomic E-state index is 10.4. The molecule has 2 heterocycles. The average molecular weight is 553 g/mol. The van der Waals surface area contributed by atoms with E-state index in [0.717, 1.165) is 55.3 Å². The fourth-order valence-electron chi connectivity index (χ4n) is 5.95. The number of nitrogens with zero attached hydrogens (tertiary/aromatic N) is 2. The third-order valence-electron chi connectivity index (χ3n) is 7.96. The molecule has 0 N–H and O–H groups in total. The molecule has 0 saturated heterocycles. The van der Waals surface area contributed by atoms with E-state index in [1.54, 1.807) is 11.3 Å². The molecule has 0 atom stereocenters. The lowest BCUT2D eigenvalue weighted by Crippen LogP contribution is -1.93. The largest absolute Gasteiger partial charge is 0.456 e. The Morgan fingerprint density at radius 1 is 0.476 bits per heavy atom. The zero-order chi connectivity index (χ0) is 28.2. The second-order valence-electron chi connectivity index (χ2n) is 10.4. The summed E-state index contributed by atoms with van der Waals surface area (Å²) in [5.74, 6) is 0.